The molecule has 1 aliphatic heterocycles. The summed E-state index contributed by atoms with van der Waals surface area (Å²) in [5.41, 5.74) is 0.465. The van der Waals surface area contributed by atoms with E-state index in [0.717, 1.165) is 17.9 Å². The molecule has 20 heavy (non-hydrogen) atoms. The lowest BCUT2D eigenvalue weighted by molar-refractivity contribution is 0.0323. The first kappa shape index (κ1) is 16.3. The molecule has 1 N–H and O–H groups in total. The first-order valence-electron chi connectivity index (χ1n) is 8.97. The van der Waals surface area contributed by atoms with Crippen molar-refractivity contribution in [3.8, 4) is 0 Å². The van der Waals surface area contributed by atoms with Crippen molar-refractivity contribution in [2.45, 2.75) is 72.3 Å². The van der Waals surface area contributed by atoms with Gasteiger partial charge in [0.15, 0.2) is 0 Å². The fourth-order valence-corrected chi connectivity index (χ4v) is 4.45. The molecule has 1 saturated heterocycles. The molecule has 2 unspecified atom stereocenters. The molecule has 2 rings (SSSR count). The minimum Gasteiger partial charge on any atom is -0.317 e. The van der Waals surface area contributed by atoms with E-state index >= 15 is 0 Å². The lowest BCUT2D eigenvalue weighted by Crippen LogP contribution is -2.49. The molecule has 2 aliphatic rings. The third-order valence-corrected chi connectivity index (χ3v) is 5.67. The SMILES string of the molecule is CCN(CC1CCNCC1)C1CCCCC1C(C)(C)C. The normalized spacial score (nSPS) is 29.9. The summed E-state index contributed by atoms with van der Waals surface area (Å²) in [5.74, 6) is 1.82. The summed E-state index contributed by atoms with van der Waals surface area (Å²) >= 11 is 0. The molecule has 0 aromatic carbocycles. The summed E-state index contributed by atoms with van der Waals surface area (Å²) in [7, 11) is 0. The zero-order valence-corrected chi connectivity index (χ0v) is 14.3. The Hall–Kier alpha value is -0.0800. The standard InChI is InChI=1S/C18H36N2/c1-5-20(14-15-10-12-19-13-11-15)17-9-7-6-8-16(17)18(2,3)4/h15-17,19H,5-14H2,1-4H3. The second kappa shape index (κ2) is 7.26. The fourth-order valence-electron chi connectivity index (χ4n) is 4.45. The van der Waals surface area contributed by atoms with Crippen LogP contribution in [-0.4, -0.2) is 37.1 Å². The van der Waals surface area contributed by atoms with Crippen LogP contribution in [0.1, 0.15) is 66.2 Å². The molecule has 2 heteroatoms. The Bertz CT molecular complexity index is 276. The van der Waals surface area contributed by atoms with Gasteiger partial charge in [-0.05, 0) is 62.6 Å². The summed E-state index contributed by atoms with van der Waals surface area (Å²) in [6, 6.07) is 0.837. The summed E-state index contributed by atoms with van der Waals surface area (Å²) in [4.78, 5) is 2.84. The van der Waals surface area contributed by atoms with E-state index in [2.05, 4.69) is 37.9 Å². The summed E-state index contributed by atoms with van der Waals surface area (Å²) < 4.78 is 0. The van der Waals surface area contributed by atoms with E-state index in [1.54, 1.807) is 0 Å². The Morgan fingerprint density at radius 2 is 1.65 bits per heavy atom. The van der Waals surface area contributed by atoms with E-state index in [9.17, 15) is 0 Å². The Kier molecular flexibility index (Phi) is 5.92. The second-order valence-corrected chi connectivity index (χ2v) is 8.11. The van der Waals surface area contributed by atoms with Crippen molar-refractivity contribution in [2.75, 3.05) is 26.2 Å². The molecule has 0 bridgehead atoms. The molecule has 0 aromatic heterocycles. The van der Waals surface area contributed by atoms with E-state index in [-0.39, 0.29) is 0 Å². The van der Waals surface area contributed by atoms with E-state index in [1.807, 2.05) is 0 Å². The number of nitrogens with zero attached hydrogens (tertiary/aromatic N) is 1. The second-order valence-electron chi connectivity index (χ2n) is 8.11. The monoisotopic (exact) mass is 280 g/mol. The largest absolute Gasteiger partial charge is 0.317 e. The fraction of sp³-hybridized carbons (Fsp3) is 1.00. The maximum absolute atomic E-state index is 3.50. The molecule has 0 radical (unpaired) electrons. The number of hydrogen-bond donors (Lipinski definition) is 1. The molecule has 2 nitrogen and oxygen atoms in total. The van der Waals surface area contributed by atoms with Crippen molar-refractivity contribution >= 4 is 0 Å². The third kappa shape index (κ3) is 4.21. The highest BCUT2D eigenvalue weighted by molar-refractivity contribution is 4.90. The molecule has 1 saturated carbocycles. The molecule has 0 amide bonds. The maximum atomic E-state index is 3.50. The Morgan fingerprint density at radius 1 is 1.00 bits per heavy atom. The lowest BCUT2D eigenvalue weighted by Gasteiger charge is -2.46. The predicted octanol–water partition coefficient (Wildman–Crippen LogP) is 3.91. The van der Waals surface area contributed by atoms with Crippen LogP contribution in [-0.2, 0) is 0 Å². The van der Waals surface area contributed by atoms with Gasteiger partial charge in [-0.25, -0.2) is 0 Å². The van der Waals surface area contributed by atoms with Crippen LogP contribution >= 0.6 is 0 Å². The van der Waals surface area contributed by atoms with Crippen molar-refractivity contribution in [1.82, 2.24) is 10.2 Å². The zero-order chi connectivity index (χ0) is 14.6. The minimum absolute atomic E-state index is 0.465. The van der Waals surface area contributed by atoms with Crippen molar-refractivity contribution in [2.24, 2.45) is 17.3 Å². The van der Waals surface area contributed by atoms with Crippen LogP contribution in [0, 0.1) is 17.3 Å². The van der Waals surface area contributed by atoms with Gasteiger partial charge in [0.25, 0.3) is 0 Å². The van der Waals surface area contributed by atoms with Crippen molar-refractivity contribution in [3.63, 3.8) is 0 Å². The van der Waals surface area contributed by atoms with E-state index in [4.69, 9.17) is 0 Å². The van der Waals surface area contributed by atoms with Crippen LogP contribution in [0.15, 0.2) is 0 Å². The number of piperidine rings is 1. The molecule has 0 spiro atoms. The highest BCUT2D eigenvalue weighted by Crippen LogP contribution is 2.40. The smallest absolute Gasteiger partial charge is 0.0128 e. The number of rotatable bonds is 4. The number of nitrogens with one attached hydrogen (secondary N) is 1. The average molecular weight is 280 g/mol. The number of hydrogen-bond acceptors (Lipinski definition) is 2. The van der Waals surface area contributed by atoms with E-state index in [0.29, 0.717) is 5.41 Å². The highest BCUT2D eigenvalue weighted by atomic mass is 15.2. The first-order chi connectivity index (χ1) is 9.52. The van der Waals surface area contributed by atoms with Crippen LogP contribution in [0.2, 0.25) is 0 Å². The van der Waals surface area contributed by atoms with Gasteiger partial charge in [0.2, 0.25) is 0 Å². The van der Waals surface area contributed by atoms with Gasteiger partial charge in [-0.15, -0.1) is 0 Å². The van der Waals surface area contributed by atoms with Gasteiger partial charge in [-0.2, -0.15) is 0 Å². The molecule has 1 aliphatic carbocycles. The first-order valence-corrected chi connectivity index (χ1v) is 8.97. The average Bonchev–Trinajstić information content (AvgIpc) is 2.45. The van der Waals surface area contributed by atoms with Gasteiger partial charge in [0, 0.05) is 12.6 Å². The maximum Gasteiger partial charge on any atom is 0.0128 e. The van der Waals surface area contributed by atoms with Gasteiger partial charge in [-0.1, -0.05) is 40.5 Å². The van der Waals surface area contributed by atoms with E-state index in [1.165, 1.54) is 64.7 Å². The lowest BCUT2D eigenvalue weighted by atomic mass is 9.69. The minimum atomic E-state index is 0.465. The predicted molar refractivity (Wildman–Crippen MR) is 88.0 cm³/mol. The van der Waals surface area contributed by atoms with Crippen molar-refractivity contribution < 1.29 is 0 Å². The van der Waals surface area contributed by atoms with Crippen LogP contribution in [0.3, 0.4) is 0 Å². The molecule has 2 fully saturated rings. The van der Waals surface area contributed by atoms with Gasteiger partial charge < -0.3 is 10.2 Å². The van der Waals surface area contributed by atoms with E-state index < -0.39 is 0 Å². The van der Waals surface area contributed by atoms with Gasteiger partial charge in [0.1, 0.15) is 0 Å². The Morgan fingerprint density at radius 3 is 2.25 bits per heavy atom. The van der Waals surface area contributed by atoms with Crippen LogP contribution < -0.4 is 5.32 Å². The van der Waals surface area contributed by atoms with Crippen LogP contribution in [0.5, 0.6) is 0 Å². The third-order valence-electron chi connectivity index (χ3n) is 5.67. The zero-order valence-electron chi connectivity index (χ0n) is 14.3. The molecule has 0 aromatic rings. The Balaban J connectivity index is 1.99. The highest BCUT2D eigenvalue weighted by Gasteiger charge is 2.37. The molecule has 1 heterocycles. The van der Waals surface area contributed by atoms with Gasteiger partial charge in [-0.3, -0.25) is 0 Å². The summed E-state index contributed by atoms with van der Waals surface area (Å²) in [6.07, 6.45) is 8.52. The molecule has 2 atom stereocenters. The van der Waals surface area contributed by atoms with Crippen molar-refractivity contribution in [1.29, 1.82) is 0 Å². The van der Waals surface area contributed by atoms with Crippen LogP contribution in [0.25, 0.3) is 0 Å². The van der Waals surface area contributed by atoms with Gasteiger partial charge in [0.05, 0.1) is 0 Å². The topological polar surface area (TPSA) is 15.3 Å². The van der Waals surface area contributed by atoms with Gasteiger partial charge >= 0.3 is 0 Å². The van der Waals surface area contributed by atoms with Crippen molar-refractivity contribution in [3.05, 3.63) is 0 Å². The summed E-state index contributed by atoms with van der Waals surface area (Å²) in [6.45, 7) is 14.8. The summed E-state index contributed by atoms with van der Waals surface area (Å²) in [5, 5.41) is 3.50. The Labute approximate surface area is 126 Å². The van der Waals surface area contributed by atoms with Crippen LogP contribution in [0.4, 0.5) is 0 Å². The molecular formula is C18H36N2. The molecule has 118 valence electrons. The quantitative estimate of drug-likeness (QED) is 0.840. The molecular weight excluding hydrogens is 244 g/mol.